The maximum Gasteiger partial charge on any atom is 0.332 e. The van der Waals surface area contributed by atoms with Gasteiger partial charge in [-0.15, -0.1) is 0 Å². The maximum absolute atomic E-state index is 11.9. The molecule has 36 heavy (non-hydrogen) atoms. The Hall–Kier alpha value is -2.72. The van der Waals surface area contributed by atoms with Crippen LogP contribution >= 0.6 is 0 Å². The quantitative estimate of drug-likeness (QED) is 0.0929. The summed E-state index contributed by atoms with van der Waals surface area (Å²) in [6.45, 7) is 18.0. The summed E-state index contributed by atoms with van der Waals surface area (Å²) in [7, 11) is 0. The zero-order valence-electron chi connectivity index (χ0n) is 22.5. The molecule has 0 saturated carbocycles. The molecule has 0 fully saturated rings. The number of carbonyl (C=O) groups is 4. The van der Waals surface area contributed by atoms with Crippen LogP contribution in [-0.4, -0.2) is 62.9 Å². The van der Waals surface area contributed by atoms with E-state index in [0.29, 0.717) is 12.8 Å². The Morgan fingerprint density at radius 2 is 0.972 bits per heavy atom. The lowest BCUT2D eigenvalue weighted by atomic mass is 9.96. The second-order valence-electron chi connectivity index (χ2n) is 10.1. The Bertz CT molecular complexity index is 668. The van der Waals surface area contributed by atoms with Crippen molar-refractivity contribution in [3.8, 4) is 0 Å². The van der Waals surface area contributed by atoms with Crippen LogP contribution in [0.4, 0.5) is 0 Å². The fourth-order valence-electron chi connectivity index (χ4n) is 2.53. The van der Waals surface area contributed by atoms with Crippen LogP contribution in [0.15, 0.2) is 25.3 Å². The Labute approximate surface area is 214 Å². The van der Waals surface area contributed by atoms with Gasteiger partial charge in [-0.3, -0.25) is 9.59 Å². The summed E-state index contributed by atoms with van der Waals surface area (Å²) in [6.07, 6.45) is 1.70. The molecule has 0 spiro atoms. The molecule has 0 rings (SSSR count). The van der Waals surface area contributed by atoms with Gasteiger partial charge < -0.3 is 28.4 Å². The van der Waals surface area contributed by atoms with E-state index in [0.717, 1.165) is 12.2 Å². The van der Waals surface area contributed by atoms with Crippen LogP contribution in [0, 0.1) is 10.8 Å². The highest BCUT2D eigenvalue weighted by atomic mass is 16.7. The van der Waals surface area contributed by atoms with Crippen LogP contribution in [0.3, 0.4) is 0 Å². The molecule has 0 radical (unpaired) electrons. The Morgan fingerprint density at radius 1 is 0.639 bits per heavy atom. The van der Waals surface area contributed by atoms with Crippen molar-refractivity contribution in [2.75, 3.05) is 26.4 Å². The third-order valence-electron chi connectivity index (χ3n) is 4.44. The predicted molar refractivity (Wildman–Crippen MR) is 131 cm³/mol. The Kier molecular flexibility index (Phi) is 15.6. The van der Waals surface area contributed by atoms with E-state index >= 15 is 0 Å². The van der Waals surface area contributed by atoms with Crippen LogP contribution in [0.2, 0.25) is 0 Å². The van der Waals surface area contributed by atoms with Crippen molar-refractivity contribution in [2.45, 2.75) is 79.8 Å². The minimum atomic E-state index is -0.806. The van der Waals surface area contributed by atoms with E-state index in [1.165, 1.54) is 0 Å². The van der Waals surface area contributed by atoms with E-state index in [-0.39, 0.29) is 39.3 Å². The fourth-order valence-corrected chi connectivity index (χ4v) is 2.53. The number of hydrogen-bond donors (Lipinski definition) is 0. The number of esters is 4. The van der Waals surface area contributed by atoms with Gasteiger partial charge in [0.15, 0.2) is 0 Å². The monoisotopic (exact) mass is 514 g/mol. The fraction of sp³-hybridized carbons (Fsp3) is 0.692. The molecular formula is C26H42O10. The van der Waals surface area contributed by atoms with Gasteiger partial charge in [0.25, 0.3) is 0 Å². The van der Waals surface area contributed by atoms with Crippen molar-refractivity contribution in [1.29, 1.82) is 0 Å². The van der Waals surface area contributed by atoms with Crippen molar-refractivity contribution < 1.29 is 47.6 Å². The summed E-state index contributed by atoms with van der Waals surface area (Å²) in [4.78, 5) is 46.6. The van der Waals surface area contributed by atoms with Crippen molar-refractivity contribution in [1.82, 2.24) is 0 Å². The SMILES string of the molecule is C=CC(=O)OC(OCCOC(=O)CCCCC(=O)OCCOC(OC(=O)C=C)C(C)(C)C)C(C)(C)C. The summed E-state index contributed by atoms with van der Waals surface area (Å²) in [5.74, 6) is -2.03. The Balaban J connectivity index is 4.04. The van der Waals surface area contributed by atoms with Gasteiger partial charge in [-0.2, -0.15) is 0 Å². The van der Waals surface area contributed by atoms with Gasteiger partial charge in [0.2, 0.25) is 12.6 Å². The lowest BCUT2D eigenvalue weighted by Gasteiger charge is -2.29. The molecule has 0 aromatic carbocycles. The molecule has 0 aromatic rings. The van der Waals surface area contributed by atoms with E-state index in [1.54, 1.807) is 0 Å². The van der Waals surface area contributed by atoms with Gasteiger partial charge in [0.1, 0.15) is 13.2 Å². The average Bonchev–Trinajstić information content (AvgIpc) is 2.78. The molecule has 10 heteroatoms. The zero-order chi connectivity index (χ0) is 27.8. The first-order valence-electron chi connectivity index (χ1n) is 11.9. The van der Waals surface area contributed by atoms with Gasteiger partial charge in [-0.05, 0) is 12.8 Å². The van der Waals surface area contributed by atoms with E-state index in [2.05, 4.69) is 13.2 Å². The number of hydrogen-bond acceptors (Lipinski definition) is 10. The Morgan fingerprint density at radius 3 is 1.25 bits per heavy atom. The molecule has 0 aromatic heterocycles. The van der Waals surface area contributed by atoms with Crippen molar-refractivity contribution in [3.63, 3.8) is 0 Å². The molecule has 206 valence electrons. The van der Waals surface area contributed by atoms with Crippen LogP contribution < -0.4 is 0 Å². The smallest absolute Gasteiger partial charge is 0.332 e. The third kappa shape index (κ3) is 16.0. The van der Waals surface area contributed by atoms with Crippen LogP contribution in [-0.2, 0) is 47.6 Å². The topological polar surface area (TPSA) is 124 Å². The number of unbranched alkanes of at least 4 members (excludes halogenated alkanes) is 1. The van der Waals surface area contributed by atoms with Crippen molar-refractivity contribution >= 4 is 23.9 Å². The van der Waals surface area contributed by atoms with Crippen molar-refractivity contribution in [3.05, 3.63) is 25.3 Å². The van der Waals surface area contributed by atoms with Crippen LogP contribution in [0.25, 0.3) is 0 Å². The summed E-state index contributed by atoms with van der Waals surface area (Å²) < 4.78 is 31.6. The highest BCUT2D eigenvalue weighted by molar-refractivity contribution is 5.81. The molecule has 0 saturated heterocycles. The third-order valence-corrected chi connectivity index (χ3v) is 4.44. The van der Waals surface area contributed by atoms with Crippen LogP contribution in [0.1, 0.15) is 67.2 Å². The second kappa shape index (κ2) is 16.9. The molecule has 2 atom stereocenters. The van der Waals surface area contributed by atoms with Crippen LogP contribution in [0.5, 0.6) is 0 Å². The second-order valence-corrected chi connectivity index (χ2v) is 10.1. The van der Waals surface area contributed by atoms with Gasteiger partial charge >= 0.3 is 23.9 Å². The minimum Gasteiger partial charge on any atom is -0.463 e. The highest BCUT2D eigenvalue weighted by Gasteiger charge is 2.29. The summed E-state index contributed by atoms with van der Waals surface area (Å²) in [5.41, 5.74) is -0.925. The number of rotatable bonds is 17. The molecule has 10 nitrogen and oxygen atoms in total. The molecule has 0 bridgehead atoms. The number of carbonyl (C=O) groups excluding carboxylic acids is 4. The molecule has 0 N–H and O–H groups in total. The highest BCUT2D eigenvalue weighted by Crippen LogP contribution is 2.24. The van der Waals surface area contributed by atoms with Crippen molar-refractivity contribution in [2.24, 2.45) is 10.8 Å². The first-order valence-corrected chi connectivity index (χ1v) is 11.9. The number of ether oxygens (including phenoxy) is 6. The first-order chi connectivity index (χ1) is 16.7. The van der Waals surface area contributed by atoms with Gasteiger partial charge in [0.05, 0.1) is 13.2 Å². The molecule has 0 amide bonds. The van der Waals surface area contributed by atoms with Gasteiger partial charge in [-0.1, -0.05) is 54.7 Å². The summed E-state index contributed by atoms with van der Waals surface area (Å²) in [5, 5.41) is 0. The van der Waals surface area contributed by atoms with E-state index in [1.807, 2.05) is 41.5 Å². The largest absolute Gasteiger partial charge is 0.463 e. The first kappa shape index (κ1) is 33.3. The normalized spacial score (nSPS) is 13.2. The van der Waals surface area contributed by atoms with E-state index in [4.69, 9.17) is 28.4 Å². The standard InChI is InChI=1S/C26H42O10/c1-9-19(27)35-23(25(3,4)5)33-17-15-31-21(29)13-11-12-14-22(30)32-16-18-34-24(26(6,7)8)36-20(28)10-2/h9-10,23-24H,1-2,11-18H2,3-8H3. The summed E-state index contributed by atoms with van der Waals surface area (Å²) >= 11 is 0. The lowest BCUT2D eigenvalue weighted by molar-refractivity contribution is -0.203. The minimum absolute atomic E-state index is 0.0107. The molecule has 0 heterocycles. The molecule has 2 unspecified atom stereocenters. The summed E-state index contributed by atoms with van der Waals surface area (Å²) in [6, 6.07) is 0. The molecule has 0 aliphatic heterocycles. The lowest BCUT2D eigenvalue weighted by Crippen LogP contribution is -2.34. The predicted octanol–water partition coefficient (Wildman–Crippen LogP) is 3.87. The van der Waals surface area contributed by atoms with E-state index in [9.17, 15) is 19.2 Å². The van der Waals surface area contributed by atoms with Gasteiger partial charge in [-0.25, -0.2) is 9.59 Å². The molecule has 0 aliphatic rings. The van der Waals surface area contributed by atoms with Gasteiger partial charge in [0, 0.05) is 35.8 Å². The zero-order valence-corrected chi connectivity index (χ0v) is 22.5. The maximum atomic E-state index is 11.9. The molecule has 0 aliphatic carbocycles. The average molecular weight is 515 g/mol. The molecular weight excluding hydrogens is 472 g/mol. The van der Waals surface area contributed by atoms with E-state index < -0.39 is 47.3 Å².